The third-order valence-corrected chi connectivity index (χ3v) is 5.61. The number of aryl methyl sites for hydroxylation is 1. The van der Waals surface area contributed by atoms with Gasteiger partial charge in [0.25, 0.3) is 0 Å². The van der Waals surface area contributed by atoms with Crippen LogP contribution >= 0.6 is 0 Å². The Labute approximate surface area is 125 Å². The third kappa shape index (κ3) is 3.92. The molecule has 0 bridgehead atoms. The van der Waals surface area contributed by atoms with Crippen molar-refractivity contribution >= 4 is 11.1 Å². The molecule has 4 atom stereocenters. The van der Waals surface area contributed by atoms with Crippen LogP contribution in [-0.4, -0.2) is 10.3 Å². The standard InChI is InChI=1S/C17H26O2S/c1-12(2)15-8-7-14(4)17(11-15)19-20(18)16-9-5-13(3)6-10-16/h5-6,9-10,12,14-15,17H,7-8,11H2,1-4H3/t14-,15-,17-,20?/m1/s1. The van der Waals surface area contributed by atoms with E-state index in [1.807, 2.05) is 31.2 Å². The van der Waals surface area contributed by atoms with Crippen LogP contribution < -0.4 is 0 Å². The summed E-state index contributed by atoms with van der Waals surface area (Å²) in [6.45, 7) is 8.79. The van der Waals surface area contributed by atoms with Crippen LogP contribution in [0.5, 0.6) is 0 Å². The molecular weight excluding hydrogens is 268 g/mol. The van der Waals surface area contributed by atoms with Crippen molar-refractivity contribution in [3.8, 4) is 0 Å². The zero-order chi connectivity index (χ0) is 14.7. The van der Waals surface area contributed by atoms with Gasteiger partial charge in [-0.2, -0.15) is 0 Å². The van der Waals surface area contributed by atoms with Gasteiger partial charge >= 0.3 is 0 Å². The Kier molecular flexibility index (Phi) is 5.39. The van der Waals surface area contributed by atoms with Crippen LogP contribution in [0.3, 0.4) is 0 Å². The number of rotatable bonds is 4. The van der Waals surface area contributed by atoms with Crippen LogP contribution in [-0.2, 0) is 15.3 Å². The molecule has 1 aromatic rings. The van der Waals surface area contributed by atoms with Gasteiger partial charge in [-0.05, 0) is 56.1 Å². The highest BCUT2D eigenvalue weighted by Crippen LogP contribution is 2.35. The maximum atomic E-state index is 12.3. The minimum absolute atomic E-state index is 0.123. The van der Waals surface area contributed by atoms with E-state index in [0.29, 0.717) is 17.8 Å². The first-order chi connectivity index (χ1) is 9.47. The van der Waals surface area contributed by atoms with Gasteiger partial charge < -0.3 is 0 Å². The van der Waals surface area contributed by atoms with Gasteiger partial charge in [0, 0.05) is 0 Å². The molecule has 0 heterocycles. The SMILES string of the molecule is Cc1ccc(S(=O)O[C@@H]2C[C@H](C(C)C)CC[C@H]2C)cc1. The second kappa shape index (κ2) is 6.86. The van der Waals surface area contributed by atoms with Gasteiger partial charge in [-0.3, -0.25) is 4.18 Å². The highest BCUT2D eigenvalue weighted by Gasteiger charge is 2.31. The lowest BCUT2D eigenvalue weighted by Crippen LogP contribution is -2.32. The van der Waals surface area contributed by atoms with Crippen LogP contribution in [0.2, 0.25) is 0 Å². The molecule has 20 heavy (non-hydrogen) atoms. The van der Waals surface area contributed by atoms with Gasteiger partial charge in [0.15, 0.2) is 11.1 Å². The quantitative estimate of drug-likeness (QED) is 0.817. The molecule has 0 aliphatic heterocycles. The van der Waals surface area contributed by atoms with E-state index in [-0.39, 0.29) is 6.10 Å². The number of hydrogen-bond acceptors (Lipinski definition) is 2. The van der Waals surface area contributed by atoms with E-state index in [9.17, 15) is 4.21 Å². The van der Waals surface area contributed by atoms with E-state index in [0.717, 1.165) is 11.3 Å². The van der Waals surface area contributed by atoms with Crippen molar-refractivity contribution in [1.82, 2.24) is 0 Å². The van der Waals surface area contributed by atoms with Crippen LogP contribution in [0.4, 0.5) is 0 Å². The molecule has 0 aromatic heterocycles. The molecule has 1 aliphatic rings. The Morgan fingerprint density at radius 2 is 1.85 bits per heavy atom. The lowest BCUT2D eigenvalue weighted by molar-refractivity contribution is 0.0715. The average molecular weight is 294 g/mol. The third-order valence-electron chi connectivity index (χ3n) is 4.53. The lowest BCUT2D eigenvalue weighted by atomic mass is 9.76. The molecule has 0 saturated heterocycles. The van der Waals surface area contributed by atoms with Crippen molar-refractivity contribution in [1.29, 1.82) is 0 Å². The smallest absolute Gasteiger partial charge is 0.189 e. The van der Waals surface area contributed by atoms with Crippen molar-refractivity contribution in [3.05, 3.63) is 29.8 Å². The first kappa shape index (κ1) is 15.7. The van der Waals surface area contributed by atoms with Gasteiger partial charge in [-0.25, -0.2) is 4.21 Å². The molecule has 1 saturated carbocycles. The Morgan fingerprint density at radius 3 is 2.45 bits per heavy atom. The Morgan fingerprint density at radius 1 is 1.20 bits per heavy atom. The average Bonchev–Trinajstić information content (AvgIpc) is 2.41. The van der Waals surface area contributed by atoms with Crippen LogP contribution in [0.25, 0.3) is 0 Å². The van der Waals surface area contributed by atoms with E-state index in [4.69, 9.17) is 4.18 Å². The predicted molar refractivity (Wildman–Crippen MR) is 83.8 cm³/mol. The summed E-state index contributed by atoms with van der Waals surface area (Å²) in [5.74, 6) is 1.88. The van der Waals surface area contributed by atoms with Crippen molar-refractivity contribution in [3.63, 3.8) is 0 Å². The summed E-state index contributed by atoms with van der Waals surface area (Å²) in [5.41, 5.74) is 1.18. The van der Waals surface area contributed by atoms with Crippen LogP contribution in [0.15, 0.2) is 29.2 Å². The molecule has 1 aliphatic carbocycles. The molecule has 3 heteroatoms. The molecule has 1 unspecified atom stereocenters. The zero-order valence-electron chi connectivity index (χ0n) is 13.0. The van der Waals surface area contributed by atoms with Gasteiger partial charge in [0.2, 0.25) is 0 Å². The second-order valence-corrected chi connectivity index (χ2v) is 7.61. The Hall–Kier alpha value is -0.670. The summed E-state index contributed by atoms with van der Waals surface area (Å²) < 4.78 is 18.2. The summed E-state index contributed by atoms with van der Waals surface area (Å²) in [4.78, 5) is 0.773. The fourth-order valence-corrected chi connectivity index (χ4v) is 3.83. The molecule has 1 fully saturated rings. The summed E-state index contributed by atoms with van der Waals surface area (Å²) in [6, 6.07) is 7.77. The lowest BCUT2D eigenvalue weighted by Gasteiger charge is -2.35. The summed E-state index contributed by atoms with van der Waals surface area (Å²) in [6.07, 6.45) is 3.61. The Balaban J connectivity index is 2.00. The molecule has 2 rings (SSSR count). The molecule has 112 valence electrons. The van der Waals surface area contributed by atoms with Crippen molar-refractivity contribution in [2.75, 3.05) is 0 Å². The van der Waals surface area contributed by atoms with Gasteiger partial charge in [0.1, 0.15) is 0 Å². The fourth-order valence-electron chi connectivity index (χ4n) is 2.87. The van der Waals surface area contributed by atoms with E-state index in [1.54, 1.807) is 0 Å². The van der Waals surface area contributed by atoms with Crippen molar-refractivity contribution in [2.24, 2.45) is 17.8 Å². The van der Waals surface area contributed by atoms with E-state index in [1.165, 1.54) is 18.4 Å². The van der Waals surface area contributed by atoms with Crippen molar-refractivity contribution < 1.29 is 8.39 Å². The van der Waals surface area contributed by atoms with Gasteiger partial charge in [-0.1, -0.05) is 38.5 Å². The van der Waals surface area contributed by atoms with Gasteiger partial charge in [-0.15, -0.1) is 0 Å². The number of hydrogen-bond donors (Lipinski definition) is 0. The maximum absolute atomic E-state index is 12.3. The van der Waals surface area contributed by atoms with Crippen LogP contribution in [0, 0.1) is 24.7 Å². The molecule has 0 N–H and O–H groups in total. The second-order valence-electron chi connectivity index (χ2n) is 6.48. The molecule has 0 radical (unpaired) electrons. The van der Waals surface area contributed by atoms with E-state index < -0.39 is 11.1 Å². The topological polar surface area (TPSA) is 26.3 Å². The van der Waals surface area contributed by atoms with Crippen molar-refractivity contribution in [2.45, 2.75) is 58.0 Å². The normalized spacial score (nSPS) is 28.6. The predicted octanol–water partition coefficient (Wildman–Crippen LogP) is 4.50. The molecule has 0 spiro atoms. The molecule has 1 aromatic carbocycles. The van der Waals surface area contributed by atoms with E-state index >= 15 is 0 Å². The summed E-state index contributed by atoms with van der Waals surface area (Å²) in [7, 11) is 0. The molecule has 2 nitrogen and oxygen atoms in total. The zero-order valence-corrected chi connectivity index (χ0v) is 13.8. The minimum atomic E-state index is -1.34. The largest absolute Gasteiger partial charge is 0.283 e. The van der Waals surface area contributed by atoms with Gasteiger partial charge in [0.05, 0.1) is 11.0 Å². The summed E-state index contributed by atoms with van der Waals surface area (Å²) in [5, 5.41) is 0. The first-order valence-electron chi connectivity index (χ1n) is 7.63. The minimum Gasteiger partial charge on any atom is -0.283 e. The van der Waals surface area contributed by atoms with Crippen LogP contribution in [0.1, 0.15) is 45.6 Å². The van der Waals surface area contributed by atoms with E-state index in [2.05, 4.69) is 20.8 Å². The maximum Gasteiger partial charge on any atom is 0.189 e. The molecule has 0 amide bonds. The molecular formula is C17H26O2S. The monoisotopic (exact) mass is 294 g/mol. The highest BCUT2D eigenvalue weighted by atomic mass is 32.2. The Bertz CT molecular complexity index is 453. The first-order valence-corrected chi connectivity index (χ1v) is 8.70. The summed E-state index contributed by atoms with van der Waals surface area (Å²) >= 11 is -1.34. The fraction of sp³-hybridized carbons (Fsp3) is 0.647. The highest BCUT2D eigenvalue weighted by molar-refractivity contribution is 7.80. The number of benzene rings is 1.